The van der Waals surface area contributed by atoms with E-state index in [1.54, 1.807) is 12.3 Å². The highest BCUT2D eigenvalue weighted by Gasteiger charge is 2.20. The molecule has 3 aromatic rings. The molecule has 3 rings (SSSR count). The number of benzene rings is 1. The van der Waals surface area contributed by atoms with E-state index in [0.29, 0.717) is 16.4 Å². The third kappa shape index (κ3) is 1.89. The van der Waals surface area contributed by atoms with Gasteiger partial charge in [-0.05, 0) is 23.7 Å². The number of nitrogens with zero attached hydrogens (tertiary/aromatic N) is 2. The van der Waals surface area contributed by atoms with Gasteiger partial charge in [0.1, 0.15) is 11.8 Å². The lowest BCUT2D eigenvalue weighted by Crippen LogP contribution is -2.27. The lowest BCUT2D eigenvalue weighted by Gasteiger charge is -2.09. The average molecular weight is 281 g/mol. The zero-order chi connectivity index (χ0) is 12.5. The van der Waals surface area contributed by atoms with Crippen LogP contribution in [0.3, 0.4) is 0 Å². The number of hydrazine groups is 1. The highest BCUT2D eigenvalue weighted by molar-refractivity contribution is 7.05. The van der Waals surface area contributed by atoms with Crippen LogP contribution in [-0.2, 0) is 0 Å². The van der Waals surface area contributed by atoms with E-state index in [4.69, 9.17) is 21.9 Å². The SMILES string of the molecule is NNC(c1cc2cccc(Cl)c2o1)c1cnns1. The Labute approximate surface area is 112 Å². The molecule has 5 nitrogen and oxygen atoms in total. The largest absolute Gasteiger partial charge is 0.457 e. The van der Waals surface area contributed by atoms with Crippen molar-refractivity contribution in [2.75, 3.05) is 0 Å². The van der Waals surface area contributed by atoms with Crippen LogP contribution in [0.15, 0.2) is 34.9 Å². The number of hydrogen-bond acceptors (Lipinski definition) is 6. The summed E-state index contributed by atoms with van der Waals surface area (Å²) in [5.74, 6) is 6.25. The monoisotopic (exact) mass is 280 g/mol. The predicted molar refractivity (Wildman–Crippen MR) is 70.3 cm³/mol. The lowest BCUT2D eigenvalue weighted by atomic mass is 10.2. The van der Waals surface area contributed by atoms with E-state index in [2.05, 4.69) is 15.0 Å². The van der Waals surface area contributed by atoms with Crippen LogP contribution in [0, 0.1) is 0 Å². The standard InChI is InChI=1S/C11H9ClN4OS/c12-7-3-1-2-6-4-8(17-11(6)7)10(15-13)9-5-14-16-18-9/h1-5,10,15H,13H2. The summed E-state index contributed by atoms with van der Waals surface area (Å²) in [7, 11) is 0. The molecule has 2 heterocycles. The van der Waals surface area contributed by atoms with Gasteiger partial charge >= 0.3 is 0 Å². The van der Waals surface area contributed by atoms with Crippen LogP contribution in [0.25, 0.3) is 11.0 Å². The average Bonchev–Trinajstić information content (AvgIpc) is 3.00. The van der Waals surface area contributed by atoms with Crippen molar-refractivity contribution in [3.05, 3.63) is 46.1 Å². The highest BCUT2D eigenvalue weighted by atomic mass is 35.5. The Balaban J connectivity index is 2.11. The summed E-state index contributed by atoms with van der Waals surface area (Å²) in [6.45, 7) is 0. The maximum Gasteiger partial charge on any atom is 0.152 e. The summed E-state index contributed by atoms with van der Waals surface area (Å²) in [4.78, 5) is 0.882. The second kappa shape index (κ2) is 4.66. The quantitative estimate of drug-likeness (QED) is 0.569. The van der Waals surface area contributed by atoms with E-state index in [0.717, 1.165) is 10.3 Å². The number of halogens is 1. The van der Waals surface area contributed by atoms with E-state index in [-0.39, 0.29) is 6.04 Å². The fourth-order valence-corrected chi connectivity index (χ4v) is 2.59. The Morgan fingerprint density at radius 1 is 1.44 bits per heavy atom. The fraction of sp³-hybridized carbons (Fsp3) is 0.0909. The Morgan fingerprint density at radius 2 is 2.33 bits per heavy atom. The first-order chi connectivity index (χ1) is 8.79. The fourth-order valence-electron chi connectivity index (χ4n) is 1.80. The summed E-state index contributed by atoms with van der Waals surface area (Å²) in [5.41, 5.74) is 3.35. The van der Waals surface area contributed by atoms with Crippen LogP contribution in [0.1, 0.15) is 16.7 Å². The molecule has 0 fully saturated rings. The van der Waals surface area contributed by atoms with E-state index < -0.39 is 0 Å². The second-order valence-electron chi connectivity index (χ2n) is 3.73. The molecule has 0 amide bonds. The lowest BCUT2D eigenvalue weighted by molar-refractivity contribution is 0.481. The molecule has 1 aromatic carbocycles. The Bertz CT molecular complexity index is 667. The van der Waals surface area contributed by atoms with Gasteiger partial charge in [0.15, 0.2) is 5.58 Å². The van der Waals surface area contributed by atoms with Crippen molar-refractivity contribution in [1.29, 1.82) is 0 Å². The van der Waals surface area contributed by atoms with Crippen molar-refractivity contribution in [3.63, 3.8) is 0 Å². The number of furan rings is 1. The van der Waals surface area contributed by atoms with Crippen molar-refractivity contribution < 1.29 is 4.42 Å². The zero-order valence-electron chi connectivity index (χ0n) is 9.13. The minimum Gasteiger partial charge on any atom is -0.457 e. The molecule has 1 unspecified atom stereocenters. The van der Waals surface area contributed by atoms with Gasteiger partial charge in [-0.15, -0.1) is 5.10 Å². The Hall–Kier alpha value is -1.47. The molecule has 0 aliphatic rings. The number of nitrogens with one attached hydrogen (secondary N) is 1. The summed E-state index contributed by atoms with van der Waals surface area (Å²) in [5, 5.41) is 5.31. The molecule has 2 aromatic heterocycles. The van der Waals surface area contributed by atoms with Crippen LogP contribution in [0.5, 0.6) is 0 Å². The van der Waals surface area contributed by atoms with Gasteiger partial charge in [0.25, 0.3) is 0 Å². The Morgan fingerprint density at radius 3 is 3.00 bits per heavy atom. The molecule has 0 aliphatic carbocycles. The topological polar surface area (TPSA) is 77.0 Å². The molecular weight excluding hydrogens is 272 g/mol. The van der Waals surface area contributed by atoms with Gasteiger partial charge in [0, 0.05) is 5.39 Å². The van der Waals surface area contributed by atoms with Gasteiger partial charge < -0.3 is 4.42 Å². The van der Waals surface area contributed by atoms with Crippen molar-refractivity contribution >= 4 is 34.1 Å². The molecule has 0 bridgehead atoms. The summed E-state index contributed by atoms with van der Waals surface area (Å²) in [6, 6.07) is 7.24. The van der Waals surface area contributed by atoms with Crippen molar-refractivity contribution in [2.24, 2.45) is 5.84 Å². The van der Waals surface area contributed by atoms with Crippen molar-refractivity contribution in [3.8, 4) is 0 Å². The first-order valence-corrected chi connectivity index (χ1v) is 6.36. The summed E-state index contributed by atoms with van der Waals surface area (Å²) < 4.78 is 9.57. The normalized spacial score (nSPS) is 13.0. The van der Waals surface area contributed by atoms with Crippen molar-refractivity contribution in [1.82, 2.24) is 15.0 Å². The second-order valence-corrected chi connectivity index (χ2v) is 4.95. The molecule has 0 spiro atoms. The molecule has 0 saturated carbocycles. The smallest absolute Gasteiger partial charge is 0.152 e. The minimum absolute atomic E-state index is 0.270. The van der Waals surface area contributed by atoms with Crippen LogP contribution >= 0.6 is 23.1 Å². The molecule has 1 atom stereocenters. The Kier molecular flexibility index (Phi) is 3.00. The maximum atomic E-state index is 6.08. The van der Waals surface area contributed by atoms with Gasteiger partial charge in [0.2, 0.25) is 0 Å². The van der Waals surface area contributed by atoms with E-state index in [1.807, 2.05) is 18.2 Å². The van der Waals surface area contributed by atoms with Crippen LogP contribution in [0.4, 0.5) is 0 Å². The molecule has 18 heavy (non-hydrogen) atoms. The summed E-state index contributed by atoms with van der Waals surface area (Å²) >= 11 is 7.34. The number of nitrogens with two attached hydrogens (primary N) is 1. The van der Waals surface area contributed by atoms with Gasteiger partial charge in [-0.25, -0.2) is 5.43 Å². The maximum absolute atomic E-state index is 6.08. The highest BCUT2D eigenvalue weighted by Crippen LogP contribution is 2.32. The molecule has 92 valence electrons. The molecule has 0 radical (unpaired) electrons. The van der Waals surface area contributed by atoms with E-state index >= 15 is 0 Å². The van der Waals surface area contributed by atoms with E-state index in [9.17, 15) is 0 Å². The van der Waals surface area contributed by atoms with Crippen LogP contribution < -0.4 is 11.3 Å². The van der Waals surface area contributed by atoms with Gasteiger partial charge in [0.05, 0.1) is 16.1 Å². The predicted octanol–water partition coefficient (Wildman–Crippen LogP) is 2.49. The molecular formula is C11H9ClN4OS. The number of aromatic nitrogens is 2. The third-order valence-electron chi connectivity index (χ3n) is 2.63. The number of rotatable bonds is 3. The number of fused-ring (bicyclic) bond motifs is 1. The van der Waals surface area contributed by atoms with Gasteiger partial charge in [-0.3, -0.25) is 5.84 Å². The van der Waals surface area contributed by atoms with E-state index in [1.165, 1.54) is 11.5 Å². The third-order valence-corrected chi connectivity index (χ3v) is 3.65. The summed E-state index contributed by atoms with van der Waals surface area (Å²) in [6.07, 6.45) is 1.66. The first-order valence-electron chi connectivity index (χ1n) is 5.21. The number of hydrogen-bond donors (Lipinski definition) is 2. The first kappa shape index (κ1) is 11.6. The minimum atomic E-state index is -0.270. The van der Waals surface area contributed by atoms with Crippen molar-refractivity contribution in [2.45, 2.75) is 6.04 Å². The molecule has 3 N–H and O–H groups in total. The molecule has 0 aliphatic heterocycles. The molecule has 7 heteroatoms. The number of para-hydroxylation sites is 1. The van der Waals surface area contributed by atoms with Crippen LogP contribution in [0.2, 0.25) is 5.02 Å². The van der Waals surface area contributed by atoms with Crippen LogP contribution in [-0.4, -0.2) is 9.59 Å². The zero-order valence-corrected chi connectivity index (χ0v) is 10.7. The van der Waals surface area contributed by atoms with Gasteiger partial charge in [-0.2, -0.15) is 0 Å². The van der Waals surface area contributed by atoms with Gasteiger partial charge in [-0.1, -0.05) is 28.2 Å². The molecule has 0 saturated heterocycles.